The highest BCUT2D eigenvalue weighted by Gasteiger charge is 2.15. The molecule has 2 rings (SSSR count). The molecule has 0 aliphatic rings. The van der Waals surface area contributed by atoms with E-state index in [0.717, 1.165) is 16.9 Å². The van der Waals surface area contributed by atoms with Crippen LogP contribution >= 0.6 is 12.4 Å². The molecule has 5 heteroatoms. The third-order valence-electron chi connectivity index (χ3n) is 3.14. The fourth-order valence-corrected chi connectivity index (χ4v) is 1.93. The van der Waals surface area contributed by atoms with Crippen molar-refractivity contribution in [2.24, 2.45) is 5.73 Å². The van der Waals surface area contributed by atoms with Gasteiger partial charge in [-0.25, -0.2) is 0 Å². The molecule has 0 bridgehead atoms. The minimum absolute atomic E-state index is 0. The van der Waals surface area contributed by atoms with Gasteiger partial charge in [-0.15, -0.1) is 12.4 Å². The van der Waals surface area contributed by atoms with Crippen molar-refractivity contribution in [1.82, 2.24) is 0 Å². The molecule has 22 heavy (non-hydrogen) atoms. The standard InChI is InChI=1S/C17H19NO3.ClH/c1-20-15-9-7-13(8-10-15)11-16(18)17(19)21-12-14-5-3-2-4-6-14;/h2-10,16H,11-12,18H2,1H3;1H/t16-;/m0./s1. The third kappa shape index (κ3) is 5.39. The first-order valence-electron chi connectivity index (χ1n) is 6.78. The normalized spacial score (nSPS) is 11.2. The Hall–Kier alpha value is -2.04. The molecule has 0 radical (unpaired) electrons. The highest BCUT2D eigenvalue weighted by Crippen LogP contribution is 2.13. The molecule has 2 N–H and O–H groups in total. The number of carbonyl (C=O) groups is 1. The Morgan fingerprint density at radius 2 is 1.68 bits per heavy atom. The lowest BCUT2D eigenvalue weighted by atomic mass is 10.1. The van der Waals surface area contributed by atoms with Crippen molar-refractivity contribution in [3.8, 4) is 5.75 Å². The summed E-state index contributed by atoms with van der Waals surface area (Å²) in [5, 5.41) is 0. The van der Waals surface area contributed by atoms with E-state index in [-0.39, 0.29) is 19.0 Å². The summed E-state index contributed by atoms with van der Waals surface area (Å²) in [7, 11) is 1.61. The summed E-state index contributed by atoms with van der Waals surface area (Å²) in [5.74, 6) is 0.383. The van der Waals surface area contributed by atoms with E-state index in [9.17, 15) is 4.79 Å². The van der Waals surface area contributed by atoms with E-state index < -0.39 is 12.0 Å². The maximum absolute atomic E-state index is 11.9. The van der Waals surface area contributed by atoms with Crippen LogP contribution in [0.15, 0.2) is 54.6 Å². The number of hydrogen-bond donors (Lipinski definition) is 1. The number of esters is 1. The van der Waals surface area contributed by atoms with E-state index in [4.69, 9.17) is 15.2 Å². The first-order valence-corrected chi connectivity index (χ1v) is 6.78. The zero-order chi connectivity index (χ0) is 15.1. The van der Waals surface area contributed by atoms with Gasteiger partial charge in [0.15, 0.2) is 0 Å². The highest BCUT2D eigenvalue weighted by molar-refractivity contribution is 5.85. The average Bonchev–Trinajstić information content (AvgIpc) is 2.54. The molecule has 0 unspecified atom stereocenters. The number of benzene rings is 2. The topological polar surface area (TPSA) is 61.5 Å². The van der Waals surface area contributed by atoms with Crippen LogP contribution in [0, 0.1) is 0 Å². The molecule has 118 valence electrons. The van der Waals surface area contributed by atoms with Gasteiger partial charge < -0.3 is 15.2 Å². The van der Waals surface area contributed by atoms with Gasteiger partial charge >= 0.3 is 5.97 Å². The Balaban J connectivity index is 0.00000242. The molecule has 0 fully saturated rings. The lowest BCUT2D eigenvalue weighted by Crippen LogP contribution is -2.34. The monoisotopic (exact) mass is 321 g/mol. The second kappa shape index (κ2) is 9.07. The number of methoxy groups -OCH3 is 1. The molecule has 0 aromatic heterocycles. The summed E-state index contributed by atoms with van der Waals surface area (Å²) >= 11 is 0. The Bertz CT molecular complexity index is 572. The smallest absolute Gasteiger partial charge is 0.323 e. The number of carbonyl (C=O) groups excluding carboxylic acids is 1. The maximum atomic E-state index is 11.9. The molecule has 1 atom stereocenters. The SMILES string of the molecule is COc1ccc(C[C@H](N)C(=O)OCc2ccccc2)cc1.Cl. The van der Waals surface area contributed by atoms with Crippen LogP contribution in [0.1, 0.15) is 11.1 Å². The van der Waals surface area contributed by atoms with Crippen LogP contribution in [0.5, 0.6) is 5.75 Å². The molecule has 0 aliphatic heterocycles. The Kier molecular flexibility index (Phi) is 7.43. The maximum Gasteiger partial charge on any atom is 0.323 e. The molecule has 0 aliphatic carbocycles. The Morgan fingerprint density at radius 1 is 1.05 bits per heavy atom. The van der Waals surface area contributed by atoms with E-state index >= 15 is 0 Å². The van der Waals surface area contributed by atoms with Crippen LogP contribution in [0.3, 0.4) is 0 Å². The molecule has 0 amide bonds. The van der Waals surface area contributed by atoms with E-state index in [1.165, 1.54) is 0 Å². The van der Waals surface area contributed by atoms with Crippen molar-refractivity contribution in [3.63, 3.8) is 0 Å². The zero-order valence-electron chi connectivity index (χ0n) is 12.4. The number of rotatable bonds is 6. The molecule has 0 saturated heterocycles. The van der Waals surface area contributed by atoms with Crippen LogP contribution in [0.2, 0.25) is 0 Å². The van der Waals surface area contributed by atoms with Crippen LogP contribution in [-0.4, -0.2) is 19.1 Å². The first kappa shape index (κ1) is 18.0. The van der Waals surface area contributed by atoms with Gasteiger partial charge in [-0.05, 0) is 29.7 Å². The Labute approximate surface area is 136 Å². The van der Waals surface area contributed by atoms with Crippen molar-refractivity contribution >= 4 is 18.4 Å². The molecular formula is C17H20ClNO3. The second-order valence-electron chi connectivity index (χ2n) is 4.75. The summed E-state index contributed by atoms with van der Waals surface area (Å²) < 4.78 is 10.3. The van der Waals surface area contributed by atoms with Gasteiger partial charge in [0.05, 0.1) is 7.11 Å². The molecule has 0 spiro atoms. The molecule has 2 aromatic carbocycles. The fourth-order valence-electron chi connectivity index (χ4n) is 1.93. The lowest BCUT2D eigenvalue weighted by Gasteiger charge is -2.12. The molecule has 2 aromatic rings. The number of halogens is 1. The van der Waals surface area contributed by atoms with Crippen LogP contribution in [-0.2, 0) is 22.6 Å². The highest BCUT2D eigenvalue weighted by atomic mass is 35.5. The first-order chi connectivity index (χ1) is 10.2. The largest absolute Gasteiger partial charge is 0.497 e. The summed E-state index contributed by atoms with van der Waals surface area (Å²) in [6, 6.07) is 16.3. The van der Waals surface area contributed by atoms with Gasteiger partial charge in [-0.3, -0.25) is 4.79 Å². The minimum Gasteiger partial charge on any atom is -0.497 e. The number of nitrogens with two attached hydrogens (primary N) is 1. The second-order valence-corrected chi connectivity index (χ2v) is 4.75. The van der Waals surface area contributed by atoms with Gasteiger partial charge in [0.2, 0.25) is 0 Å². The fraction of sp³-hybridized carbons (Fsp3) is 0.235. The van der Waals surface area contributed by atoms with Gasteiger partial charge in [-0.1, -0.05) is 42.5 Å². The van der Waals surface area contributed by atoms with Crippen LogP contribution < -0.4 is 10.5 Å². The van der Waals surface area contributed by atoms with Crippen molar-refractivity contribution in [3.05, 3.63) is 65.7 Å². The summed E-state index contributed by atoms with van der Waals surface area (Å²) in [4.78, 5) is 11.9. The molecule has 0 saturated carbocycles. The van der Waals surface area contributed by atoms with E-state index in [1.54, 1.807) is 7.11 Å². The minimum atomic E-state index is -0.665. The van der Waals surface area contributed by atoms with Crippen LogP contribution in [0.25, 0.3) is 0 Å². The Morgan fingerprint density at radius 3 is 2.27 bits per heavy atom. The average molecular weight is 322 g/mol. The number of hydrogen-bond acceptors (Lipinski definition) is 4. The quantitative estimate of drug-likeness (QED) is 0.831. The lowest BCUT2D eigenvalue weighted by molar-refractivity contribution is -0.146. The van der Waals surface area contributed by atoms with E-state index in [2.05, 4.69) is 0 Å². The number of ether oxygens (including phenoxy) is 2. The van der Waals surface area contributed by atoms with Gasteiger partial charge in [0.1, 0.15) is 18.4 Å². The van der Waals surface area contributed by atoms with Gasteiger partial charge in [-0.2, -0.15) is 0 Å². The molecule has 0 heterocycles. The van der Waals surface area contributed by atoms with Gasteiger partial charge in [0, 0.05) is 0 Å². The third-order valence-corrected chi connectivity index (χ3v) is 3.14. The van der Waals surface area contributed by atoms with E-state index in [0.29, 0.717) is 6.42 Å². The van der Waals surface area contributed by atoms with Crippen molar-refractivity contribution in [2.45, 2.75) is 19.1 Å². The van der Waals surface area contributed by atoms with E-state index in [1.807, 2.05) is 54.6 Å². The summed E-state index contributed by atoms with van der Waals surface area (Å²) in [6.45, 7) is 0.246. The summed E-state index contributed by atoms with van der Waals surface area (Å²) in [6.07, 6.45) is 0.442. The van der Waals surface area contributed by atoms with Gasteiger partial charge in [0.25, 0.3) is 0 Å². The van der Waals surface area contributed by atoms with Crippen molar-refractivity contribution in [2.75, 3.05) is 7.11 Å². The predicted molar refractivity (Wildman–Crippen MR) is 88.2 cm³/mol. The van der Waals surface area contributed by atoms with Crippen LogP contribution in [0.4, 0.5) is 0 Å². The molecule has 4 nitrogen and oxygen atoms in total. The predicted octanol–water partition coefficient (Wildman–Crippen LogP) is 2.73. The zero-order valence-corrected chi connectivity index (χ0v) is 13.2. The van der Waals surface area contributed by atoms with Crippen molar-refractivity contribution < 1.29 is 14.3 Å². The van der Waals surface area contributed by atoms with Crippen molar-refractivity contribution in [1.29, 1.82) is 0 Å². The summed E-state index contributed by atoms with van der Waals surface area (Å²) in [5.41, 5.74) is 7.80. The molecular weight excluding hydrogens is 302 g/mol.